The second-order valence-electron chi connectivity index (χ2n) is 4.80. The summed E-state index contributed by atoms with van der Waals surface area (Å²) in [6.07, 6.45) is 0. The third-order valence-electron chi connectivity index (χ3n) is 3.06. The minimum absolute atomic E-state index is 0.261. The molecule has 1 N–H and O–H groups in total. The van der Waals surface area contributed by atoms with Crippen LogP contribution in [0.5, 0.6) is 0 Å². The van der Waals surface area contributed by atoms with Gasteiger partial charge in [0.15, 0.2) is 0 Å². The highest BCUT2D eigenvalue weighted by atomic mass is 35.5. The van der Waals surface area contributed by atoms with Crippen molar-refractivity contribution >= 4 is 45.3 Å². The van der Waals surface area contributed by atoms with Gasteiger partial charge in [0.2, 0.25) is 5.13 Å². The van der Waals surface area contributed by atoms with Crippen LogP contribution in [0, 0.1) is 6.92 Å². The number of methoxy groups -OCH3 is 1. The van der Waals surface area contributed by atoms with E-state index in [4.69, 9.17) is 16.3 Å². The zero-order valence-electron chi connectivity index (χ0n) is 12.9. The minimum atomic E-state index is -0.261. The van der Waals surface area contributed by atoms with Gasteiger partial charge in [0.1, 0.15) is 21.5 Å². The van der Waals surface area contributed by atoms with Gasteiger partial charge in [-0.3, -0.25) is 10.1 Å². The fourth-order valence-electron chi connectivity index (χ4n) is 2.00. The van der Waals surface area contributed by atoms with E-state index in [1.807, 2.05) is 18.2 Å². The predicted octanol–water partition coefficient (Wildman–Crippen LogP) is 4.02. The maximum Gasteiger partial charge on any atom is 0.269 e. The van der Waals surface area contributed by atoms with Crippen LogP contribution in [0.2, 0.25) is 5.02 Å². The molecule has 0 radical (unpaired) electrons. The Kier molecular flexibility index (Phi) is 5.20. The lowest BCUT2D eigenvalue weighted by Crippen LogP contribution is -2.11. The van der Waals surface area contributed by atoms with E-state index < -0.39 is 0 Å². The van der Waals surface area contributed by atoms with Crippen molar-refractivity contribution in [1.82, 2.24) is 15.2 Å². The number of nitrogens with zero attached hydrogens (tertiary/aromatic N) is 3. The Labute approximate surface area is 151 Å². The number of carbonyl (C=O) groups excluding carboxylic acids is 1. The van der Waals surface area contributed by atoms with Gasteiger partial charge in [-0.25, -0.2) is 4.98 Å². The molecular weight excluding hydrogens is 368 g/mol. The van der Waals surface area contributed by atoms with E-state index in [2.05, 4.69) is 20.5 Å². The lowest BCUT2D eigenvalue weighted by Gasteiger charge is -1.99. The van der Waals surface area contributed by atoms with Gasteiger partial charge in [0.05, 0.1) is 10.7 Å². The lowest BCUT2D eigenvalue weighted by molar-refractivity contribution is 0.102. The van der Waals surface area contributed by atoms with Crippen molar-refractivity contribution in [2.45, 2.75) is 13.5 Å². The highest BCUT2D eigenvalue weighted by Gasteiger charge is 2.19. The van der Waals surface area contributed by atoms with Gasteiger partial charge in [-0.15, -0.1) is 21.5 Å². The summed E-state index contributed by atoms with van der Waals surface area (Å²) in [4.78, 5) is 17.4. The van der Waals surface area contributed by atoms with Crippen molar-refractivity contribution in [1.29, 1.82) is 0 Å². The summed E-state index contributed by atoms with van der Waals surface area (Å²) in [5.41, 5.74) is 1.46. The van der Waals surface area contributed by atoms with Crippen LogP contribution in [0.15, 0.2) is 24.3 Å². The number of halogens is 1. The van der Waals surface area contributed by atoms with E-state index in [0.29, 0.717) is 37.3 Å². The maximum atomic E-state index is 12.5. The Bertz CT molecular complexity index is 878. The number of thiazole rings is 1. The second kappa shape index (κ2) is 7.35. The molecule has 0 saturated carbocycles. The number of nitrogens with one attached hydrogen (secondary N) is 1. The van der Waals surface area contributed by atoms with Gasteiger partial charge in [0, 0.05) is 12.7 Å². The second-order valence-corrected chi connectivity index (χ2v) is 7.27. The topological polar surface area (TPSA) is 77.0 Å². The van der Waals surface area contributed by atoms with Gasteiger partial charge in [-0.2, -0.15) is 0 Å². The number of hydrogen-bond acceptors (Lipinski definition) is 7. The molecule has 0 atom stereocenters. The normalized spacial score (nSPS) is 10.8. The van der Waals surface area contributed by atoms with Crippen molar-refractivity contribution in [3.8, 4) is 10.6 Å². The summed E-state index contributed by atoms with van der Waals surface area (Å²) in [5.74, 6) is -0.261. The van der Waals surface area contributed by atoms with E-state index in [1.54, 1.807) is 20.1 Å². The van der Waals surface area contributed by atoms with Crippen molar-refractivity contribution in [2.75, 3.05) is 12.4 Å². The zero-order valence-corrected chi connectivity index (χ0v) is 15.3. The van der Waals surface area contributed by atoms with Crippen LogP contribution in [0.3, 0.4) is 0 Å². The number of aromatic nitrogens is 3. The van der Waals surface area contributed by atoms with Crippen LogP contribution in [-0.4, -0.2) is 28.2 Å². The maximum absolute atomic E-state index is 12.5. The summed E-state index contributed by atoms with van der Waals surface area (Å²) in [6, 6.07) is 7.42. The van der Waals surface area contributed by atoms with Crippen LogP contribution < -0.4 is 5.32 Å². The third-order valence-corrected chi connectivity index (χ3v) is 5.39. The van der Waals surface area contributed by atoms with E-state index >= 15 is 0 Å². The molecule has 0 aliphatic rings. The molecule has 0 spiro atoms. The number of anilines is 1. The molecule has 24 heavy (non-hydrogen) atoms. The summed E-state index contributed by atoms with van der Waals surface area (Å²) in [7, 11) is 1.58. The van der Waals surface area contributed by atoms with Crippen LogP contribution in [0.1, 0.15) is 20.4 Å². The molecule has 1 amide bonds. The molecule has 9 heteroatoms. The van der Waals surface area contributed by atoms with Crippen LogP contribution in [-0.2, 0) is 11.3 Å². The number of hydrogen-bond donors (Lipinski definition) is 1. The highest BCUT2D eigenvalue weighted by Crippen LogP contribution is 2.33. The standard InChI is InChI=1S/C15H13ClN4O2S2/c1-8-12(13(21)18-15-20-19-11(23-15)7-22-2)24-14(17-8)9-5-3-4-6-10(9)16/h3-6H,7H2,1-2H3,(H,18,20,21). The molecule has 0 unspecified atom stereocenters. The lowest BCUT2D eigenvalue weighted by atomic mass is 10.2. The predicted molar refractivity (Wildman–Crippen MR) is 95.9 cm³/mol. The average Bonchev–Trinajstić information content (AvgIpc) is 3.15. The molecule has 2 heterocycles. The molecule has 6 nitrogen and oxygen atoms in total. The first-order valence-corrected chi connectivity index (χ1v) is 8.94. The molecule has 124 valence electrons. The molecular formula is C15H13ClN4O2S2. The van der Waals surface area contributed by atoms with Crippen molar-refractivity contribution in [2.24, 2.45) is 0 Å². The molecule has 0 aliphatic carbocycles. The van der Waals surface area contributed by atoms with Crippen LogP contribution in [0.25, 0.3) is 10.6 Å². The SMILES string of the molecule is COCc1nnc(NC(=O)c2sc(-c3ccccc3Cl)nc2C)s1. The first-order chi connectivity index (χ1) is 11.6. The van der Waals surface area contributed by atoms with Gasteiger partial charge in [-0.05, 0) is 13.0 Å². The number of carbonyl (C=O) groups is 1. The molecule has 0 aliphatic heterocycles. The van der Waals surface area contributed by atoms with E-state index in [1.165, 1.54) is 22.7 Å². The van der Waals surface area contributed by atoms with Crippen molar-refractivity contribution in [3.05, 3.63) is 44.9 Å². The summed E-state index contributed by atoms with van der Waals surface area (Å²) in [5, 5.41) is 13.1. The molecule has 0 bridgehead atoms. The molecule has 0 saturated heterocycles. The Morgan fingerprint density at radius 3 is 2.83 bits per heavy atom. The Balaban J connectivity index is 1.81. The van der Waals surface area contributed by atoms with Gasteiger partial charge in [-0.1, -0.05) is 41.1 Å². The summed E-state index contributed by atoms with van der Waals surface area (Å²) in [6.45, 7) is 2.16. The average molecular weight is 381 g/mol. The zero-order chi connectivity index (χ0) is 17.1. The van der Waals surface area contributed by atoms with Crippen LogP contribution >= 0.6 is 34.3 Å². The number of benzene rings is 1. The van der Waals surface area contributed by atoms with Crippen LogP contribution in [0.4, 0.5) is 5.13 Å². The Morgan fingerprint density at radius 1 is 1.29 bits per heavy atom. The monoisotopic (exact) mass is 380 g/mol. The Hall–Kier alpha value is -1.87. The smallest absolute Gasteiger partial charge is 0.269 e. The Morgan fingerprint density at radius 2 is 2.08 bits per heavy atom. The quantitative estimate of drug-likeness (QED) is 0.723. The largest absolute Gasteiger partial charge is 0.377 e. The first kappa shape index (κ1) is 17.0. The molecule has 2 aromatic heterocycles. The highest BCUT2D eigenvalue weighted by molar-refractivity contribution is 7.17. The third kappa shape index (κ3) is 3.62. The van der Waals surface area contributed by atoms with Gasteiger partial charge < -0.3 is 4.74 Å². The first-order valence-electron chi connectivity index (χ1n) is 6.93. The number of rotatable bonds is 5. The number of amides is 1. The van der Waals surface area contributed by atoms with E-state index in [9.17, 15) is 4.79 Å². The van der Waals surface area contributed by atoms with E-state index in [-0.39, 0.29) is 5.91 Å². The fourth-order valence-corrected chi connectivity index (χ4v) is 3.99. The minimum Gasteiger partial charge on any atom is -0.377 e. The molecule has 0 fully saturated rings. The number of ether oxygens (including phenoxy) is 1. The molecule has 3 aromatic rings. The summed E-state index contributed by atoms with van der Waals surface area (Å²) < 4.78 is 4.99. The van der Waals surface area contributed by atoms with Gasteiger partial charge >= 0.3 is 0 Å². The van der Waals surface area contributed by atoms with Crippen molar-refractivity contribution < 1.29 is 9.53 Å². The van der Waals surface area contributed by atoms with Gasteiger partial charge in [0.25, 0.3) is 5.91 Å². The van der Waals surface area contributed by atoms with Crippen molar-refractivity contribution in [3.63, 3.8) is 0 Å². The number of aryl methyl sites for hydroxylation is 1. The van der Waals surface area contributed by atoms with E-state index in [0.717, 1.165) is 5.56 Å². The summed E-state index contributed by atoms with van der Waals surface area (Å²) >= 11 is 8.77. The molecule has 3 rings (SSSR count). The fraction of sp³-hybridized carbons (Fsp3) is 0.200. The molecule has 1 aromatic carbocycles.